The zero-order valence-corrected chi connectivity index (χ0v) is 12.9. The van der Waals surface area contributed by atoms with Crippen LogP contribution in [0.1, 0.15) is 15.9 Å². The van der Waals surface area contributed by atoms with Gasteiger partial charge in [-0.3, -0.25) is 4.79 Å². The van der Waals surface area contributed by atoms with E-state index in [2.05, 4.69) is 21.2 Å². The first-order valence-electron chi connectivity index (χ1n) is 5.86. The number of carbonyl (C=O) groups is 1. The first-order valence-corrected chi connectivity index (χ1v) is 7.87. The number of amides is 1. The molecule has 19 heavy (non-hydrogen) atoms. The molecule has 4 heteroatoms. The minimum absolute atomic E-state index is 0.0485. The molecule has 0 spiro atoms. The van der Waals surface area contributed by atoms with Crippen molar-refractivity contribution in [1.29, 1.82) is 0 Å². The van der Waals surface area contributed by atoms with Crippen molar-refractivity contribution in [2.75, 3.05) is 6.26 Å². The molecule has 2 rings (SSSR count). The number of hydrogen-bond acceptors (Lipinski definition) is 2. The van der Waals surface area contributed by atoms with Crippen molar-refractivity contribution in [1.82, 2.24) is 5.32 Å². The highest BCUT2D eigenvalue weighted by molar-refractivity contribution is 9.10. The van der Waals surface area contributed by atoms with Gasteiger partial charge in [0.05, 0.1) is 0 Å². The lowest BCUT2D eigenvalue weighted by Gasteiger charge is -2.06. The smallest absolute Gasteiger partial charge is 0.251 e. The van der Waals surface area contributed by atoms with Gasteiger partial charge in [-0.05, 0) is 48.2 Å². The summed E-state index contributed by atoms with van der Waals surface area (Å²) >= 11 is 5.08. The highest BCUT2D eigenvalue weighted by Gasteiger charge is 2.05. The van der Waals surface area contributed by atoms with E-state index in [0.29, 0.717) is 12.1 Å². The first-order chi connectivity index (χ1) is 9.19. The number of benzene rings is 2. The van der Waals surface area contributed by atoms with Crippen LogP contribution in [0.25, 0.3) is 0 Å². The Morgan fingerprint density at radius 1 is 1.21 bits per heavy atom. The van der Waals surface area contributed by atoms with Crippen LogP contribution >= 0.6 is 27.7 Å². The summed E-state index contributed by atoms with van der Waals surface area (Å²) in [6, 6.07) is 15.5. The van der Waals surface area contributed by atoms with Gasteiger partial charge in [-0.15, -0.1) is 11.8 Å². The van der Waals surface area contributed by atoms with Gasteiger partial charge in [0.2, 0.25) is 0 Å². The van der Waals surface area contributed by atoms with E-state index >= 15 is 0 Å². The van der Waals surface area contributed by atoms with E-state index in [9.17, 15) is 4.79 Å². The average Bonchev–Trinajstić information content (AvgIpc) is 2.45. The topological polar surface area (TPSA) is 29.1 Å². The van der Waals surface area contributed by atoms with E-state index in [1.807, 2.05) is 54.8 Å². The van der Waals surface area contributed by atoms with Crippen molar-refractivity contribution in [3.8, 4) is 0 Å². The molecule has 0 aliphatic heterocycles. The van der Waals surface area contributed by atoms with Gasteiger partial charge in [0.1, 0.15) is 0 Å². The second-order valence-electron chi connectivity index (χ2n) is 4.04. The van der Waals surface area contributed by atoms with Gasteiger partial charge >= 0.3 is 0 Å². The molecule has 2 nitrogen and oxygen atoms in total. The van der Waals surface area contributed by atoms with E-state index in [-0.39, 0.29) is 5.91 Å². The molecule has 0 saturated carbocycles. The predicted octanol–water partition coefficient (Wildman–Crippen LogP) is 4.10. The summed E-state index contributed by atoms with van der Waals surface area (Å²) in [6.07, 6.45) is 2.02. The van der Waals surface area contributed by atoms with Crippen molar-refractivity contribution in [3.63, 3.8) is 0 Å². The Kier molecular flexibility index (Phi) is 5.05. The number of hydrogen-bond donors (Lipinski definition) is 1. The van der Waals surface area contributed by atoms with Crippen LogP contribution in [0.4, 0.5) is 0 Å². The summed E-state index contributed by atoms with van der Waals surface area (Å²) in [5.74, 6) is -0.0485. The van der Waals surface area contributed by atoms with Crippen LogP contribution < -0.4 is 5.32 Å². The van der Waals surface area contributed by atoms with Gasteiger partial charge in [0.15, 0.2) is 0 Å². The van der Waals surface area contributed by atoms with Crippen molar-refractivity contribution in [2.24, 2.45) is 0 Å². The molecule has 0 aromatic heterocycles. The molecule has 2 aromatic carbocycles. The maximum atomic E-state index is 12.0. The molecular weight excluding hydrogens is 322 g/mol. The van der Waals surface area contributed by atoms with Crippen LogP contribution in [0.2, 0.25) is 0 Å². The number of carbonyl (C=O) groups excluding carboxylic acids is 1. The maximum absolute atomic E-state index is 12.0. The van der Waals surface area contributed by atoms with Crippen LogP contribution in [-0.4, -0.2) is 12.2 Å². The zero-order valence-electron chi connectivity index (χ0n) is 10.5. The highest BCUT2D eigenvalue weighted by Crippen LogP contribution is 2.15. The van der Waals surface area contributed by atoms with Crippen molar-refractivity contribution < 1.29 is 4.79 Å². The van der Waals surface area contributed by atoms with E-state index in [1.54, 1.807) is 11.8 Å². The SMILES string of the molecule is CSc1ccc(C(=O)NCc2cccc(Br)c2)cc1. The lowest BCUT2D eigenvalue weighted by Crippen LogP contribution is -2.22. The molecule has 0 unspecified atom stereocenters. The minimum Gasteiger partial charge on any atom is -0.348 e. The lowest BCUT2D eigenvalue weighted by molar-refractivity contribution is 0.0951. The van der Waals surface area contributed by atoms with E-state index in [0.717, 1.165) is 14.9 Å². The molecular formula is C15H14BrNOS. The predicted molar refractivity (Wildman–Crippen MR) is 83.5 cm³/mol. The van der Waals surface area contributed by atoms with E-state index < -0.39 is 0 Å². The normalized spacial score (nSPS) is 10.2. The van der Waals surface area contributed by atoms with Gasteiger partial charge in [-0.1, -0.05) is 28.1 Å². The molecule has 98 valence electrons. The van der Waals surface area contributed by atoms with Crippen LogP contribution in [-0.2, 0) is 6.54 Å². The Labute approximate surface area is 125 Å². The Bertz CT molecular complexity index is 569. The van der Waals surface area contributed by atoms with Crippen molar-refractivity contribution in [2.45, 2.75) is 11.4 Å². The molecule has 1 amide bonds. The molecule has 0 aliphatic carbocycles. The summed E-state index contributed by atoms with van der Waals surface area (Å²) in [5, 5.41) is 2.91. The fourth-order valence-corrected chi connectivity index (χ4v) is 2.53. The molecule has 0 bridgehead atoms. The summed E-state index contributed by atoms with van der Waals surface area (Å²) in [4.78, 5) is 13.1. The first kappa shape index (κ1) is 14.2. The second kappa shape index (κ2) is 6.78. The van der Waals surface area contributed by atoms with Crippen molar-refractivity contribution >= 4 is 33.6 Å². The fraction of sp³-hybridized carbons (Fsp3) is 0.133. The lowest BCUT2D eigenvalue weighted by atomic mass is 10.2. The highest BCUT2D eigenvalue weighted by atomic mass is 79.9. The Morgan fingerprint density at radius 2 is 1.95 bits per heavy atom. The Hall–Kier alpha value is -1.26. The standard InChI is InChI=1S/C15H14BrNOS/c1-19-14-7-5-12(6-8-14)15(18)17-10-11-3-2-4-13(16)9-11/h2-9H,10H2,1H3,(H,17,18). The third-order valence-electron chi connectivity index (χ3n) is 2.69. The van der Waals surface area contributed by atoms with Gasteiger partial charge in [-0.25, -0.2) is 0 Å². The molecule has 2 aromatic rings. The van der Waals surface area contributed by atoms with Gasteiger partial charge in [0, 0.05) is 21.5 Å². The number of rotatable bonds is 4. The number of thioether (sulfide) groups is 1. The van der Waals surface area contributed by atoms with Crippen LogP contribution in [0.5, 0.6) is 0 Å². The third kappa shape index (κ3) is 4.11. The van der Waals surface area contributed by atoms with Gasteiger partial charge in [0.25, 0.3) is 5.91 Å². The van der Waals surface area contributed by atoms with E-state index in [1.165, 1.54) is 0 Å². The number of nitrogens with one attached hydrogen (secondary N) is 1. The molecule has 0 aliphatic rings. The molecule has 1 N–H and O–H groups in total. The fourth-order valence-electron chi connectivity index (χ4n) is 1.67. The second-order valence-corrected chi connectivity index (χ2v) is 5.84. The number of halogens is 1. The van der Waals surface area contributed by atoms with Gasteiger partial charge in [-0.2, -0.15) is 0 Å². The Balaban J connectivity index is 1.97. The minimum atomic E-state index is -0.0485. The molecule has 0 radical (unpaired) electrons. The summed E-state index contributed by atoms with van der Waals surface area (Å²) in [5.41, 5.74) is 1.76. The quantitative estimate of drug-likeness (QED) is 0.852. The molecule has 0 heterocycles. The monoisotopic (exact) mass is 335 g/mol. The summed E-state index contributed by atoms with van der Waals surface area (Å²) in [7, 11) is 0. The summed E-state index contributed by atoms with van der Waals surface area (Å²) in [6.45, 7) is 0.530. The molecule has 0 fully saturated rings. The maximum Gasteiger partial charge on any atom is 0.251 e. The van der Waals surface area contributed by atoms with Gasteiger partial charge < -0.3 is 5.32 Å². The molecule has 0 atom stereocenters. The third-order valence-corrected chi connectivity index (χ3v) is 3.93. The average molecular weight is 336 g/mol. The Morgan fingerprint density at radius 3 is 2.58 bits per heavy atom. The zero-order chi connectivity index (χ0) is 13.7. The van der Waals surface area contributed by atoms with Crippen LogP contribution in [0.3, 0.4) is 0 Å². The van der Waals surface area contributed by atoms with Crippen molar-refractivity contribution in [3.05, 3.63) is 64.1 Å². The van der Waals surface area contributed by atoms with E-state index in [4.69, 9.17) is 0 Å². The summed E-state index contributed by atoms with van der Waals surface area (Å²) < 4.78 is 1.02. The van der Waals surface area contributed by atoms with Crippen LogP contribution in [0, 0.1) is 0 Å². The largest absolute Gasteiger partial charge is 0.348 e. The van der Waals surface area contributed by atoms with Crippen LogP contribution in [0.15, 0.2) is 57.9 Å². The molecule has 0 saturated heterocycles.